The molecule has 0 spiro atoms. The van der Waals surface area contributed by atoms with Gasteiger partial charge in [0.05, 0.1) is 28.1 Å². The molecule has 0 aliphatic carbocycles. The van der Waals surface area contributed by atoms with Gasteiger partial charge in [-0.2, -0.15) is 0 Å². The maximum atomic E-state index is 13.0. The van der Waals surface area contributed by atoms with Crippen molar-refractivity contribution >= 4 is 28.2 Å². The third-order valence-electron chi connectivity index (χ3n) is 3.73. The van der Waals surface area contributed by atoms with E-state index in [4.69, 9.17) is 17.3 Å². The molecule has 1 heterocycles. The first kappa shape index (κ1) is 18.1. The maximum absolute atomic E-state index is 13.0. The average Bonchev–Trinajstić information content (AvgIpc) is 2.45. The summed E-state index contributed by atoms with van der Waals surface area (Å²) in [7, 11) is 0. The molecule has 1 atom stereocenters. The van der Waals surface area contributed by atoms with Crippen LogP contribution in [-0.4, -0.2) is 10.4 Å². The van der Waals surface area contributed by atoms with Crippen LogP contribution in [0.25, 0.3) is 10.8 Å². The number of nitrogens with one attached hydrogen (secondary N) is 1. The Labute approximate surface area is 146 Å². The van der Waals surface area contributed by atoms with E-state index in [1.165, 1.54) is 0 Å². The van der Waals surface area contributed by atoms with E-state index < -0.39 is 0 Å². The smallest absolute Gasteiger partial charge is 0.260 e. The molecule has 0 fully saturated rings. The third kappa shape index (κ3) is 3.62. The Balaban J connectivity index is 2.67. The SMILES string of the molecule is C=C(N)NC(C)=N[C@@H](C)c1cc2cccc(Cl)c2c(=O)n1C(C)C. The average molecular weight is 347 g/mol. The summed E-state index contributed by atoms with van der Waals surface area (Å²) in [5, 5.41) is 4.70. The summed E-state index contributed by atoms with van der Waals surface area (Å²) in [6.45, 7) is 11.3. The van der Waals surface area contributed by atoms with Crippen LogP contribution in [0.15, 0.2) is 46.5 Å². The van der Waals surface area contributed by atoms with Crippen molar-refractivity contribution in [1.82, 2.24) is 9.88 Å². The molecule has 0 aliphatic rings. The summed E-state index contributed by atoms with van der Waals surface area (Å²) in [6.07, 6.45) is 0. The molecule has 0 saturated carbocycles. The fourth-order valence-electron chi connectivity index (χ4n) is 2.83. The number of rotatable bonds is 4. The molecule has 0 aliphatic heterocycles. The lowest BCUT2D eigenvalue weighted by Crippen LogP contribution is -2.28. The van der Waals surface area contributed by atoms with Gasteiger partial charge < -0.3 is 15.6 Å². The summed E-state index contributed by atoms with van der Waals surface area (Å²) in [5.74, 6) is 0.971. The molecule has 0 bridgehead atoms. The predicted octanol–water partition coefficient (Wildman–Crippen LogP) is 3.73. The number of halogens is 1. The van der Waals surface area contributed by atoms with E-state index in [0.29, 0.717) is 22.1 Å². The van der Waals surface area contributed by atoms with Crippen molar-refractivity contribution in [3.63, 3.8) is 0 Å². The van der Waals surface area contributed by atoms with E-state index in [-0.39, 0.29) is 17.6 Å². The van der Waals surface area contributed by atoms with Crippen molar-refractivity contribution < 1.29 is 0 Å². The molecule has 2 aromatic rings. The Kier molecular flexibility index (Phi) is 5.34. The highest BCUT2D eigenvalue weighted by atomic mass is 35.5. The van der Waals surface area contributed by atoms with Gasteiger partial charge in [0, 0.05) is 11.7 Å². The van der Waals surface area contributed by atoms with Crippen molar-refractivity contribution in [1.29, 1.82) is 0 Å². The van der Waals surface area contributed by atoms with Gasteiger partial charge in [-0.05, 0) is 45.2 Å². The summed E-state index contributed by atoms with van der Waals surface area (Å²) in [5.41, 5.74) is 6.27. The van der Waals surface area contributed by atoms with Crippen LogP contribution in [0.2, 0.25) is 5.02 Å². The molecule has 0 radical (unpaired) electrons. The van der Waals surface area contributed by atoms with Crippen LogP contribution in [0, 0.1) is 0 Å². The van der Waals surface area contributed by atoms with Gasteiger partial charge in [0.2, 0.25) is 0 Å². The van der Waals surface area contributed by atoms with Gasteiger partial charge in [0.25, 0.3) is 5.56 Å². The number of amidine groups is 1. The molecule has 1 aromatic heterocycles. The second-order valence-corrected chi connectivity index (χ2v) is 6.49. The Morgan fingerprint density at radius 3 is 2.62 bits per heavy atom. The highest BCUT2D eigenvalue weighted by Crippen LogP contribution is 2.26. The highest BCUT2D eigenvalue weighted by molar-refractivity contribution is 6.35. The highest BCUT2D eigenvalue weighted by Gasteiger charge is 2.17. The minimum atomic E-state index is -0.227. The molecule has 6 heteroatoms. The fraction of sp³-hybridized carbons (Fsp3) is 0.333. The van der Waals surface area contributed by atoms with Crippen molar-refractivity contribution in [2.75, 3.05) is 0 Å². The largest absolute Gasteiger partial charge is 0.386 e. The van der Waals surface area contributed by atoms with Crippen molar-refractivity contribution in [2.24, 2.45) is 10.7 Å². The predicted molar refractivity (Wildman–Crippen MR) is 102 cm³/mol. The Hall–Kier alpha value is -2.27. The summed E-state index contributed by atoms with van der Waals surface area (Å²) >= 11 is 6.24. The summed E-state index contributed by atoms with van der Waals surface area (Å²) in [6, 6.07) is 7.20. The van der Waals surface area contributed by atoms with Gasteiger partial charge >= 0.3 is 0 Å². The number of nitrogens with two attached hydrogens (primary N) is 1. The molecule has 0 unspecified atom stereocenters. The molecule has 1 aromatic carbocycles. The normalized spacial score (nSPS) is 13.3. The van der Waals surface area contributed by atoms with Crippen LogP contribution in [0.1, 0.15) is 45.5 Å². The quantitative estimate of drug-likeness (QED) is 0.654. The monoisotopic (exact) mass is 346 g/mol. The van der Waals surface area contributed by atoms with Gasteiger partial charge in [0.1, 0.15) is 0 Å². The van der Waals surface area contributed by atoms with Gasteiger partial charge in [-0.1, -0.05) is 30.3 Å². The topological polar surface area (TPSA) is 72.4 Å². The number of hydrogen-bond acceptors (Lipinski definition) is 3. The molecule has 0 amide bonds. The van der Waals surface area contributed by atoms with Gasteiger partial charge in [0.15, 0.2) is 0 Å². The van der Waals surface area contributed by atoms with Crippen molar-refractivity contribution in [2.45, 2.75) is 39.8 Å². The van der Waals surface area contributed by atoms with E-state index in [2.05, 4.69) is 16.9 Å². The number of pyridine rings is 1. The van der Waals surface area contributed by atoms with Crippen molar-refractivity contribution in [3.05, 3.63) is 57.7 Å². The zero-order valence-electron chi connectivity index (χ0n) is 14.4. The molecule has 128 valence electrons. The molecule has 5 nitrogen and oxygen atoms in total. The van der Waals surface area contributed by atoms with Crippen LogP contribution in [-0.2, 0) is 0 Å². The van der Waals surface area contributed by atoms with Crippen LogP contribution in [0.3, 0.4) is 0 Å². The van der Waals surface area contributed by atoms with E-state index in [0.717, 1.165) is 11.1 Å². The number of aromatic nitrogens is 1. The first-order valence-corrected chi connectivity index (χ1v) is 8.19. The van der Waals surface area contributed by atoms with E-state index >= 15 is 0 Å². The zero-order valence-corrected chi connectivity index (χ0v) is 15.2. The van der Waals surface area contributed by atoms with Crippen LogP contribution >= 0.6 is 11.6 Å². The minimum absolute atomic E-state index is 0.0106. The lowest BCUT2D eigenvalue weighted by Gasteiger charge is -2.21. The van der Waals surface area contributed by atoms with Crippen LogP contribution < -0.4 is 16.6 Å². The second-order valence-electron chi connectivity index (χ2n) is 6.08. The van der Waals surface area contributed by atoms with Crippen LogP contribution in [0.5, 0.6) is 0 Å². The molecule has 0 saturated heterocycles. The lowest BCUT2D eigenvalue weighted by molar-refractivity contribution is 0.534. The minimum Gasteiger partial charge on any atom is -0.386 e. The fourth-order valence-corrected chi connectivity index (χ4v) is 3.09. The molecule has 24 heavy (non-hydrogen) atoms. The molecule has 3 N–H and O–H groups in total. The standard InChI is InChI=1S/C18H23ClN4O/c1-10(2)23-16(11(3)21-13(5)22-12(4)20)9-14-7-6-8-15(19)17(14)18(23)24/h6-11H,4,20H2,1-3,5H3,(H,21,22)/t11-/m0/s1. The Bertz CT molecular complexity index is 867. The van der Waals surface area contributed by atoms with Gasteiger partial charge in [-0.25, -0.2) is 0 Å². The first-order chi connectivity index (χ1) is 11.2. The summed E-state index contributed by atoms with van der Waals surface area (Å²) < 4.78 is 1.74. The Morgan fingerprint density at radius 2 is 2.04 bits per heavy atom. The molecular weight excluding hydrogens is 324 g/mol. The number of aliphatic imine (C=N–C) groups is 1. The Morgan fingerprint density at radius 1 is 1.38 bits per heavy atom. The van der Waals surface area contributed by atoms with Crippen LogP contribution in [0.4, 0.5) is 0 Å². The first-order valence-electron chi connectivity index (χ1n) is 7.81. The van der Waals surface area contributed by atoms with E-state index in [1.54, 1.807) is 10.6 Å². The number of nitrogens with zero attached hydrogens (tertiary/aromatic N) is 2. The lowest BCUT2D eigenvalue weighted by atomic mass is 10.1. The molecular formula is C18H23ClN4O. The zero-order chi connectivity index (χ0) is 18.0. The van der Waals surface area contributed by atoms with E-state index in [9.17, 15) is 4.79 Å². The second kappa shape index (κ2) is 7.09. The number of hydrogen-bond donors (Lipinski definition) is 2. The van der Waals surface area contributed by atoms with E-state index in [1.807, 2.05) is 45.9 Å². The van der Waals surface area contributed by atoms with Crippen molar-refractivity contribution in [3.8, 4) is 0 Å². The number of fused-ring (bicyclic) bond motifs is 1. The summed E-state index contributed by atoms with van der Waals surface area (Å²) in [4.78, 5) is 17.5. The number of benzene rings is 1. The maximum Gasteiger partial charge on any atom is 0.260 e. The molecule has 2 rings (SSSR count). The van der Waals surface area contributed by atoms with Gasteiger partial charge in [-0.3, -0.25) is 9.79 Å². The third-order valence-corrected chi connectivity index (χ3v) is 4.05. The van der Waals surface area contributed by atoms with Gasteiger partial charge in [-0.15, -0.1) is 0 Å².